The van der Waals surface area contributed by atoms with E-state index in [1.54, 1.807) is 43.8 Å². The molecule has 1 aliphatic heterocycles. The van der Waals surface area contributed by atoms with E-state index < -0.39 is 0 Å². The number of ether oxygens (including phenoxy) is 3. The fraction of sp³-hybridized carbons (Fsp3) is 0.421. The molecule has 0 spiro atoms. The number of methoxy groups -OCH3 is 2. The molecule has 2 N–H and O–H groups in total. The molecule has 0 bridgehead atoms. The van der Waals surface area contributed by atoms with Gasteiger partial charge >= 0.3 is 6.03 Å². The molecule has 0 saturated carbocycles. The molecule has 2 aromatic rings. The molecule has 0 aliphatic carbocycles. The van der Waals surface area contributed by atoms with E-state index >= 15 is 0 Å². The average molecular weight is 376 g/mol. The maximum Gasteiger partial charge on any atom is 0.319 e. The SMILES string of the molecule is COc1ccc(NC(=O)NCC2(c3cccs3)CCOCC2)cc1OC. The summed E-state index contributed by atoms with van der Waals surface area (Å²) in [6.07, 6.45) is 1.81. The van der Waals surface area contributed by atoms with Crippen LogP contribution < -0.4 is 20.1 Å². The van der Waals surface area contributed by atoms with Gasteiger partial charge in [-0.05, 0) is 36.4 Å². The van der Waals surface area contributed by atoms with E-state index in [4.69, 9.17) is 14.2 Å². The summed E-state index contributed by atoms with van der Waals surface area (Å²) < 4.78 is 16.0. The molecule has 3 rings (SSSR count). The molecule has 7 heteroatoms. The lowest BCUT2D eigenvalue weighted by Crippen LogP contribution is -2.45. The van der Waals surface area contributed by atoms with Crippen LogP contribution in [-0.4, -0.2) is 40.0 Å². The van der Waals surface area contributed by atoms with Gasteiger partial charge in [-0.2, -0.15) is 0 Å². The molecule has 26 heavy (non-hydrogen) atoms. The molecule has 140 valence electrons. The van der Waals surface area contributed by atoms with Crippen LogP contribution in [0, 0.1) is 0 Å². The Hall–Kier alpha value is -2.25. The molecule has 1 aliphatic rings. The van der Waals surface area contributed by atoms with Crippen LogP contribution in [0.25, 0.3) is 0 Å². The Bertz CT molecular complexity index is 727. The zero-order valence-electron chi connectivity index (χ0n) is 15.0. The van der Waals surface area contributed by atoms with Gasteiger partial charge in [-0.25, -0.2) is 4.79 Å². The van der Waals surface area contributed by atoms with Crippen molar-refractivity contribution >= 4 is 23.1 Å². The maximum atomic E-state index is 12.4. The molecular weight excluding hydrogens is 352 g/mol. The van der Waals surface area contributed by atoms with E-state index in [1.165, 1.54) is 4.88 Å². The Kier molecular flexibility index (Phi) is 6.00. The monoisotopic (exact) mass is 376 g/mol. The summed E-state index contributed by atoms with van der Waals surface area (Å²) in [5.41, 5.74) is 0.596. The van der Waals surface area contributed by atoms with Crippen molar-refractivity contribution in [2.24, 2.45) is 0 Å². The highest BCUT2D eigenvalue weighted by atomic mass is 32.1. The van der Waals surface area contributed by atoms with Crippen molar-refractivity contribution in [1.29, 1.82) is 0 Å². The second-order valence-corrected chi connectivity index (χ2v) is 7.20. The lowest BCUT2D eigenvalue weighted by atomic mass is 9.78. The predicted octanol–water partition coefficient (Wildman–Crippen LogP) is 3.64. The zero-order chi connectivity index (χ0) is 18.4. The predicted molar refractivity (Wildman–Crippen MR) is 103 cm³/mol. The summed E-state index contributed by atoms with van der Waals surface area (Å²) >= 11 is 1.74. The van der Waals surface area contributed by atoms with Gasteiger partial charge in [0.25, 0.3) is 0 Å². The zero-order valence-corrected chi connectivity index (χ0v) is 15.9. The fourth-order valence-electron chi connectivity index (χ4n) is 3.19. The lowest BCUT2D eigenvalue weighted by molar-refractivity contribution is 0.0521. The number of nitrogens with one attached hydrogen (secondary N) is 2. The minimum Gasteiger partial charge on any atom is -0.493 e. The Balaban J connectivity index is 1.64. The van der Waals surface area contributed by atoms with Gasteiger partial charge in [0.2, 0.25) is 0 Å². The summed E-state index contributed by atoms with van der Waals surface area (Å²) in [6.45, 7) is 2.02. The summed E-state index contributed by atoms with van der Waals surface area (Å²) in [5.74, 6) is 1.20. The molecular formula is C19H24N2O4S. The Labute approximate surface area is 157 Å². The van der Waals surface area contributed by atoms with Gasteiger partial charge in [0.1, 0.15) is 0 Å². The lowest BCUT2D eigenvalue weighted by Gasteiger charge is -2.36. The normalized spacial score (nSPS) is 15.9. The quantitative estimate of drug-likeness (QED) is 0.808. The summed E-state index contributed by atoms with van der Waals surface area (Å²) in [4.78, 5) is 13.7. The number of hydrogen-bond acceptors (Lipinski definition) is 5. The van der Waals surface area contributed by atoms with Crippen LogP contribution in [0.4, 0.5) is 10.5 Å². The van der Waals surface area contributed by atoms with Gasteiger partial charge in [-0.3, -0.25) is 0 Å². The van der Waals surface area contributed by atoms with Gasteiger partial charge < -0.3 is 24.8 Å². The van der Waals surface area contributed by atoms with Crippen LogP contribution >= 0.6 is 11.3 Å². The Morgan fingerprint density at radius 3 is 2.62 bits per heavy atom. The topological polar surface area (TPSA) is 68.8 Å². The van der Waals surface area contributed by atoms with Crippen molar-refractivity contribution < 1.29 is 19.0 Å². The maximum absolute atomic E-state index is 12.4. The van der Waals surface area contributed by atoms with Crippen LogP contribution in [0.5, 0.6) is 11.5 Å². The van der Waals surface area contributed by atoms with Crippen LogP contribution in [-0.2, 0) is 10.2 Å². The Morgan fingerprint density at radius 2 is 1.96 bits per heavy atom. The smallest absolute Gasteiger partial charge is 0.319 e. The second kappa shape index (κ2) is 8.42. The third kappa shape index (κ3) is 4.11. The second-order valence-electron chi connectivity index (χ2n) is 6.25. The van der Waals surface area contributed by atoms with Crippen molar-refractivity contribution in [3.8, 4) is 11.5 Å². The average Bonchev–Trinajstić information content (AvgIpc) is 3.22. The molecule has 0 radical (unpaired) electrons. The summed E-state index contributed by atoms with van der Waals surface area (Å²) in [7, 11) is 3.15. The van der Waals surface area contributed by atoms with Crippen LogP contribution in [0.1, 0.15) is 17.7 Å². The number of rotatable bonds is 6. The number of thiophene rings is 1. The molecule has 2 amide bonds. The van der Waals surface area contributed by atoms with Gasteiger partial charge in [0.15, 0.2) is 11.5 Å². The van der Waals surface area contributed by atoms with E-state index in [1.807, 2.05) is 0 Å². The van der Waals surface area contributed by atoms with Crippen molar-refractivity contribution in [2.75, 3.05) is 39.3 Å². The number of anilines is 1. The molecule has 1 aromatic heterocycles. The van der Waals surface area contributed by atoms with Crippen molar-refractivity contribution in [2.45, 2.75) is 18.3 Å². The van der Waals surface area contributed by atoms with Gasteiger partial charge in [-0.1, -0.05) is 6.07 Å². The minimum atomic E-state index is -0.236. The fourth-order valence-corrected chi connectivity index (χ4v) is 4.18. The van der Waals surface area contributed by atoms with E-state index in [2.05, 4.69) is 28.1 Å². The molecule has 1 aromatic carbocycles. The first-order valence-corrected chi connectivity index (χ1v) is 9.43. The van der Waals surface area contributed by atoms with Gasteiger partial charge in [0.05, 0.1) is 14.2 Å². The summed E-state index contributed by atoms with van der Waals surface area (Å²) in [5, 5.41) is 7.96. The highest BCUT2D eigenvalue weighted by Gasteiger charge is 2.35. The first-order valence-electron chi connectivity index (χ1n) is 8.55. The van der Waals surface area contributed by atoms with Crippen LogP contribution in [0.15, 0.2) is 35.7 Å². The molecule has 0 unspecified atom stereocenters. The third-order valence-electron chi connectivity index (χ3n) is 4.72. The van der Waals surface area contributed by atoms with E-state index in [-0.39, 0.29) is 11.4 Å². The first-order chi connectivity index (χ1) is 12.7. The van der Waals surface area contributed by atoms with Crippen LogP contribution in [0.2, 0.25) is 0 Å². The van der Waals surface area contributed by atoms with Crippen LogP contribution in [0.3, 0.4) is 0 Å². The molecule has 1 saturated heterocycles. The van der Waals surface area contributed by atoms with E-state index in [9.17, 15) is 4.79 Å². The third-order valence-corrected chi connectivity index (χ3v) is 5.84. The standard InChI is InChI=1S/C19H24N2O4S/c1-23-15-6-5-14(12-16(15)24-2)21-18(22)20-13-19(7-9-25-10-8-19)17-4-3-11-26-17/h3-6,11-12H,7-10,13H2,1-2H3,(H2,20,21,22). The summed E-state index contributed by atoms with van der Waals surface area (Å²) in [6, 6.07) is 9.25. The molecule has 1 fully saturated rings. The van der Waals surface area contributed by atoms with Crippen molar-refractivity contribution in [3.05, 3.63) is 40.6 Å². The number of hydrogen-bond donors (Lipinski definition) is 2. The van der Waals surface area contributed by atoms with Crippen molar-refractivity contribution in [3.63, 3.8) is 0 Å². The van der Waals surface area contributed by atoms with Gasteiger partial charge in [0, 0.05) is 41.8 Å². The van der Waals surface area contributed by atoms with E-state index in [0.29, 0.717) is 23.7 Å². The highest BCUT2D eigenvalue weighted by molar-refractivity contribution is 7.10. The highest BCUT2D eigenvalue weighted by Crippen LogP contribution is 2.37. The number of benzene rings is 1. The number of urea groups is 1. The molecule has 6 nitrogen and oxygen atoms in total. The Morgan fingerprint density at radius 1 is 1.19 bits per heavy atom. The largest absolute Gasteiger partial charge is 0.493 e. The minimum absolute atomic E-state index is 0.0542. The molecule has 0 atom stereocenters. The number of carbonyl (C=O) groups excluding carboxylic acids is 1. The first kappa shape index (κ1) is 18.5. The van der Waals surface area contributed by atoms with E-state index in [0.717, 1.165) is 26.1 Å². The number of carbonyl (C=O) groups is 1. The number of amides is 2. The molecule has 2 heterocycles. The van der Waals surface area contributed by atoms with Crippen molar-refractivity contribution in [1.82, 2.24) is 5.32 Å². The van der Waals surface area contributed by atoms with Gasteiger partial charge in [-0.15, -0.1) is 11.3 Å².